The second-order valence-corrected chi connectivity index (χ2v) is 7.84. The van der Waals surface area contributed by atoms with Gasteiger partial charge in [0, 0.05) is 17.9 Å². The normalized spacial score (nSPS) is 63.2. The maximum absolute atomic E-state index is 12.4. The van der Waals surface area contributed by atoms with Crippen LogP contribution >= 0.6 is 0 Å². The first-order valence-corrected chi connectivity index (χ1v) is 7.58. The summed E-state index contributed by atoms with van der Waals surface area (Å²) in [6.07, 6.45) is 3.95. The van der Waals surface area contributed by atoms with E-state index in [2.05, 4.69) is 0 Å². The van der Waals surface area contributed by atoms with Gasteiger partial charge in [0.15, 0.2) is 0 Å². The van der Waals surface area contributed by atoms with Crippen molar-refractivity contribution >= 4 is 0 Å². The molecule has 0 radical (unpaired) electrons. The van der Waals surface area contributed by atoms with E-state index < -0.39 is 0 Å². The Balaban J connectivity index is 1.69. The summed E-state index contributed by atoms with van der Waals surface area (Å²) in [6.45, 7) is 0. The molecule has 19 heavy (non-hydrogen) atoms. The van der Waals surface area contributed by atoms with Crippen LogP contribution in [0.2, 0.25) is 0 Å². The van der Waals surface area contributed by atoms with Gasteiger partial charge < -0.3 is 0 Å². The van der Waals surface area contributed by atoms with Crippen molar-refractivity contribution in [3.05, 3.63) is 21.0 Å². The fraction of sp³-hybridized carbons (Fsp3) is 0.857. The molecule has 2 spiro atoms. The third kappa shape index (κ3) is 0.432. The monoisotopic (exact) mass is 257 g/mol. The van der Waals surface area contributed by atoms with Gasteiger partial charge in [-0.1, -0.05) is 6.42 Å². The molecule has 7 aliphatic rings. The van der Waals surface area contributed by atoms with Crippen molar-refractivity contribution in [1.29, 1.82) is 0 Å². The maximum atomic E-state index is 12.4. The van der Waals surface area contributed by atoms with Crippen LogP contribution in [0.3, 0.4) is 0 Å². The van der Waals surface area contributed by atoms with Crippen LogP contribution in [0, 0.1) is 34.5 Å². The average Bonchev–Trinajstić information content (AvgIpc) is 2.87. The summed E-state index contributed by atoms with van der Waals surface area (Å²) in [5, 5.41) is 0. The Hall–Kier alpha value is -1.26. The molecule has 0 saturated heterocycles. The Morgan fingerprint density at radius 2 is 1.42 bits per heavy atom. The van der Waals surface area contributed by atoms with E-state index in [1.165, 1.54) is 23.8 Å². The molecule has 5 saturated carbocycles. The highest BCUT2D eigenvalue weighted by Crippen LogP contribution is 3.05. The van der Waals surface area contributed by atoms with Crippen molar-refractivity contribution in [3.8, 4) is 0 Å². The van der Waals surface area contributed by atoms with Crippen LogP contribution in [0.15, 0.2) is 9.59 Å². The van der Waals surface area contributed by atoms with Crippen molar-refractivity contribution < 1.29 is 0 Å². The minimum atomic E-state index is -0.0675. The number of hydrogen-bond donors (Lipinski definition) is 0. The summed E-state index contributed by atoms with van der Waals surface area (Å²) in [7, 11) is 1.64. The lowest BCUT2D eigenvalue weighted by Crippen LogP contribution is -2.99. The van der Waals surface area contributed by atoms with Crippen molar-refractivity contribution in [2.75, 3.05) is 0 Å². The van der Waals surface area contributed by atoms with Gasteiger partial charge in [0.1, 0.15) is 0 Å². The summed E-state index contributed by atoms with van der Waals surface area (Å²) in [6, 6.07) is 0.753. The fourth-order valence-electron chi connectivity index (χ4n) is 8.48. The Morgan fingerprint density at radius 1 is 0.947 bits per heavy atom. The topological polar surface area (TPSA) is 48.9 Å². The lowest BCUT2D eigenvalue weighted by atomic mass is 9.06. The molecule has 3 heterocycles. The third-order valence-corrected chi connectivity index (χ3v) is 8.41. The zero-order valence-corrected chi connectivity index (χ0v) is 10.7. The Kier molecular flexibility index (Phi) is 0.881. The Labute approximate surface area is 108 Å². The van der Waals surface area contributed by atoms with Gasteiger partial charge in [-0.05, 0) is 36.5 Å². The quantitative estimate of drug-likeness (QED) is 0.663. The first kappa shape index (κ1) is 8.82. The van der Waals surface area contributed by atoms with Gasteiger partial charge >= 0.3 is 11.4 Å². The van der Waals surface area contributed by atoms with Gasteiger partial charge in [0.05, 0.1) is 12.1 Å². The highest BCUT2D eigenvalue weighted by Gasteiger charge is 3.03. The second-order valence-electron chi connectivity index (χ2n) is 7.84. The predicted molar refractivity (Wildman–Crippen MR) is 64.7 cm³/mol. The second kappa shape index (κ2) is 1.90. The molecule has 0 aromatic carbocycles. The Bertz CT molecular complexity index is 765. The zero-order valence-electron chi connectivity index (χ0n) is 10.7. The molecule has 5 heteroatoms. The van der Waals surface area contributed by atoms with Crippen molar-refractivity contribution in [3.63, 3.8) is 0 Å². The molecule has 5 aliphatic carbocycles. The maximum Gasteiger partial charge on any atom is 0.347 e. The van der Waals surface area contributed by atoms with Crippen LogP contribution in [0.5, 0.6) is 0 Å². The molecule has 2 bridgehead atoms. The van der Waals surface area contributed by atoms with Gasteiger partial charge in [-0.25, -0.2) is 23.5 Å². The summed E-state index contributed by atoms with van der Waals surface area (Å²) in [5.41, 5.74) is 0.753. The van der Waals surface area contributed by atoms with Gasteiger partial charge in [-0.15, -0.1) is 0 Å². The van der Waals surface area contributed by atoms with Crippen molar-refractivity contribution in [2.24, 2.45) is 41.5 Å². The molecule has 1 aromatic rings. The van der Waals surface area contributed by atoms with Gasteiger partial charge in [-0.3, -0.25) is 0 Å². The summed E-state index contributed by atoms with van der Waals surface area (Å²) >= 11 is 0. The minimum absolute atomic E-state index is 0.0675. The average molecular weight is 257 g/mol. The van der Waals surface area contributed by atoms with E-state index in [1.54, 1.807) is 7.05 Å². The molecule has 0 N–H and O–H groups in total. The molecule has 0 unspecified atom stereocenters. The number of hydrogen-bond acceptors (Lipinski definition) is 2. The van der Waals surface area contributed by atoms with Crippen LogP contribution in [-0.2, 0) is 7.05 Å². The van der Waals surface area contributed by atoms with E-state index in [0.29, 0.717) is 22.9 Å². The molecule has 98 valence electrons. The van der Waals surface area contributed by atoms with E-state index in [0.717, 1.165) is 23.7 Å². The van der Waals surface area contributed by atoms with E-state index in [-0.39, 0.29) is 11.4 Å². The van der Waals surface area contributed by atoms with Crippen LogP contribution < -0.4 is 11.4 Å². The number of nitrogens with zero attached hydrogens (tertiary/aromatic N) is 3. The molecule has 8 atom stereocenters. The molecule has 5 nitrogen and oxygen atoms in total. The zero-order chi connectivity index (χ0) is 12.5. The van der Waals surface area contributed by atoms with E-state index in [9.17, 15) is 9.59 Å². The highest BCUT2D eigenvalue weighted by molar-refractivity contribution is 5.49. The Morgan fingerprint density at radius 3 is 1.89 bits per heavy atom. The van der Waals surface area contributed by atoms with Gasteiger partial charge in [0.2, 0.25) is 0 Å². The molecular weight excluding hydrogens is 242 g/mol. The van der Waals surface area contributed by atoms with Crippen LogP contribution in [-0.4, -0.2) is 13.9 Å². The van der Waals surface area contributed by atoms with E-state index >= 15 is 0 Å². The summed E-state index contributed by atoms with van der Waals surface area (Å²) in [4.78, 5) is 24.8. The first-order chi connectivity index (χ1) is 9.18. The third-order valence-electron chi connectivity index (χ3n) is 8.41. The predicted octanol–water partition coefficient (Wildman–Crippen LogP) is 0.120. The van der Waals surface area contributed by atoms with E-state index in [1.807, 2.05) is 9.36 Å². The lowest BCUT2D eigenvalue weighted by molar-refractivity contribution is -0.541. The SMILES string of the molecule is Cn1c(=O)n2n(c1=O)[C@H]1[C@@H]3[C@@H]4[C@@H]5[C@@H]3[C@]13CCC[C@@]53[C@H]42. The minimum Gasteiger partial charge on any atom is -0.246 e. The standard InChI is InChI=1S/C14H15N3O2/c1-15-11(18)16-9-5-6-8-7(5)13(9)3-2-4-14(8,13)10(6)17(16)12(15)19/h5-10H,2-4H2,1H3/t5-,6-,7-,8-,9+,10+,13-,14+/m1/s1. The van der Waals surface area contributed by atoms with Gasteiger partial charge in [-0.2, -0.15) is 0 Å². The van der Waals surface area contributed by atoms with Crippen molar-refractivity contribution in [2.45, 2.75) is 31.3 Å². The smallest absolute Gasteiger partial charge is 0.246 e. The summed E-state index contributed by atoms with van der Waals surface area (Å²) < 4.78 is 5.08. The van der Waals surface area contributed by atoms with Crippen LogP contribution in [0.4, 0.5) is 0 Å². The molecule has 5 fully saturated rings. The van der Waals surface area contributed by atoms with Crippen LogP contribution in [0.1, 0.15) is 31.3 Å². The summed E-state index contributed by atoms with van der Waals surface area (Å²) in [5.74, 6) is 3.35. The van der Waals surface area contributed by atoms with E-state index in [4.69, 9.17) is 0 Å². The first-order valence-electron chi connectivity index (χ1n) is 7.58. The molecular formula is C14H15N3O2. The largest absolute Gasteiger partial charge is 0.347 e. The number of rotatable bonds is 0. The molecule has 0 amide bonds. The molecule has 8 rings (SSSR count). The van der Waals surface area contributed by atoms with Gasteiger partial charge in [0.25, 0.3) is 0 Å². The fourth-order valence-corrected chi connectivity index (χ4v) is 8.48. The van der Waals surface area contributed by atoms with Crippen LogP contribution in [0.25, 0.3) is 0 Å². The lowest BCUT2D eigenvalue weighted by Gasteiger charge is -3.00. The highest BCUT2D eigenvalue weighted by atomic mass is 16.2. The molecule has 2 aliphatic heterocycles. The van der Waals surface area contributed by atoms with Crippen molar-refractivity contribution in [1.82, 2.24) is 13.9 Å². The number of aromatic nitrogens is 3. The molecule has 1 aromatic heterocycles.